The summed E-state index contributed by atoms with van der Waals surface area (Å²) in [5.41, 5.74) is 0. The zero-order chi connectivity index (χ0) is 11.4. The Morgan fingerprint density at radius 2 is 1.86 bits per heavy atom. The van der Waals surface area contributed by atoms with Gasteiger partial charge in [-0.2, -0.15) is 0 Å². The predicted octanol–water partition coefficient (Wildman–Crippen LogP) is -0.341. The Morgan fingerprint density at radius 1 is 1.36 bits per heavy atom. The number of hydrogen-bond donors (Lipinski definition) is 1. The third kappa shape index (κ3) is 3.73. The van der Waals surface area contributed by atoms with Crippen molar-refractivity contribution in [3.8, 4) is 0 Å². The van der Waals surface area contributed by atoms with Crippen LogP contribution in [0.1, 0.15) is 20.3 Å². The first-order chi connectivity index (χ1) is 6.31. The van der Waals surface area contributed by atoms with Crippen LogP contribution in [0.5, 0.6) is 0 Å². The molecule has 0 fully saturated rings. The fourth-order valence-electron chi connectivity index (χ4n) is 0.845. The van der Waals surface area contributed by atoms with Crippen LogP contribution in [-0.2, 0) is 19.6 Å². The summed E-state index contributed by atoms with van der Waals surface area (Å²) >= 11 is 0. The minimum atomic E-state index is -3.63. The highest BCUT2D eigenvalue weighted by Crippen LogP contribution is 2.03. The maximum Gasteiger partial charge on any atom is 0.305 e. The molecule has 0 saturated heterocycles. The van der Waals surface area contributed by atoms with Crippen LogP contribution in [0.15, 0.2) is 0 Å². The molecule has 1 amide bonds. The summed E-state index contributed by atoms with van der Waals surface area (Å²) in [7, 11) is -3.63. The minimum Gasteiger partial charge on any atom is -0.481 e. The van der Waals surface area contributed by atoms with Crippen LogP contribution >= 0.6 is 0 Å². The fraction of sp³-hybridized carbons (Fsp3) is 0.714. The SMILES string of the molecule is CCS(=O)(=O)N(CCC(=O)O)C(C)=O. The maximum absolute atomic E-state index is 11.3. The molecule has 0 aromatic heterocycles. The lowest BCUT2D eigenvalue weighted by Crippen LogP contribution is -2.37. The highest BCUT2D eigenvalue weighted by Gasteiger charge is 2.22. The molecular weight excluding hydrogens is 210 g/mol. The number of carboxylic acid groups (broad SMARTS) is 1. The first kappa shape index (κ1) is 12.9. The van der Waals surface area contributed by atoms with Gasteiger partial charge in [0.2, 0.25) is 15.9 Å². The Bertz CT molecular complexity index is 321. The Labute approximate surface area is 82.6 Å². The minimum absolute atomic E-state index is 0.216. The van der Waals surface area contributed by atoms with E-state index in [-0.39, 0.29) is 18.7 Å². The third-order valence-electron chi connectivity index (χ3n) is 1.58. The molecule has 14 heavy (non-hydrogen) atoms. The summed E-state index contributed by atoms with van der Waals surface area (Å²) in [4.78, 5) is 21.1. The van der Waals surface area contributed by atoms with Crippen molar-refractivity contribution in [3.05, 3.63) is 0 Å². The molecule has 1 N–H and O–H groups in total. The monoisotopic (exact) mass is 223 g/mol. The topological polar surface area (TPSA) is 91.8 Å². The van der Waals surface area contributed by atoms with Crippen molar-refractivity contribution in [1.82, 2.24) is 4.31 Å². The predicted molar refractivity (Wildman–Crippen MR) is 49.1 cm³/mol. The van der Waals surface area contributed by atoms with Crippen LogP contribution in [0.25, 0.3) is 0 Å². The van der Waals surface area contributed by atoms with E-state index in [9.17, 15) is 18.0 Å². The average Bonchev–Trinajstić information content (AvgIpc) is 2.03. The lowest BCUT2D eigenvalue weighted by atomic mass is 10.4. The van der Waals surface area contributed by atoms with Crippen LogP contribution in [-0.4, -0.2) is 42.0 Å². The van der Waals surface area contributed by atoms with Gasteiger partial charge in [0, 0.05) is 13.5 Å². The third-order valence-corrected chi connectivity index (χ3v) is 3.42. The molecule has 0 aliphatic carbocycles. The number of rotatable bonds is 5. The van der Waals surface area contributed by atoms with Crippen molar-refractivity contribution < 1.29 is 23.1 Å². The van der Waals surface area contributed by atoms with E-state index in [1.807, 2.05) is 0 Å². The molecule has 0 spiro atoms. The smallest absolute Gasteiger partial charge is 0.305 e. The molecule has 0 atom stereocenters. The Balaban J connectivity index is 4.63. The molecule has 0 aliphatic heterocycles. The number of sulfonamides is 1. The normalized spacial score (nSPS) is 11.0. The van der Waals surface area contributed by atoms with Crippen molar-refractivity contribution in [3.63, 3.8) is 0 Å². The fourth-order valence-corrected chi connectivity index (χ4v) is 1.92. The van der Waals surface area contributed by atoms with Crippen molar-refractivity contribution in [2.45, 2.75) is 20.3 Å². The van der Waals surface area contributed by atoms with E-state index in [0.29, 0.717) is 4.31 Å². The first-order valence-corrected chi connectivity index (χ1v) is 5.65. The summed E-state index contributed by atoms with van der Waals surface area (Å²) in [5.74, 6) is -2.01. The molecular formula is C7H13NO5S. The number of nitrogens with zero attached hydrogens (tertiary/aromatic N) is 1. The van der Waals surface area contributed by atoms with E-state index < -0.39 is 21.9 Å². The quantitative estimate of drug-likeness (QED) is 0.688. The van der Waals surface area contributed by atoms with E-state index in [0.717, 1.165) is 6.92 Å². The number of amides is 1. The van der Waals surface area contributed by atoms with Gasteiger partial charge in [0.1, 0.15) is 0 Å². The summed E-state index contributed by atoms with van der Waals surface area (Å²) in [6, 6.07) is 0. The van der Waals surface area contributed by atoms with Crippen LogP contribution in [0.3, 0.4) is 0 Å². The molecule has 0 rings (SSSR count). The number of carboxylic acids is 1. The number of carbonyl (C=O) groups excluding carboxylic acids is 1. The van der Waals surface area contributed by atoms with E-state index >= 15 is 0 Å². The summed E-state index contributed by atoms with van der Waals surface area (Å²) in [6.45, 7) is 2.18. The molecule has 0 saturated carbocycles. The van der Waals surface area contributed by atoms with Gasteiger partial charge in [-0.1, -0.05) is 0 Å². The maximum atomic E-state index is 11.3. The van der Waals surface area contributed by atoms with Gasteiger partial charge < -0.3 is 5.11 Å². The van der Waals surface area contributed by atoms with Gasteiger partial charge in [0.15, 0.2) is 0 Å². The van der Waals surface area contributed by atoms with Gasteiger partial charge in [0.05, 0.1) is 12.2 Å². The second kappa shape index (κ2) is 4.94. The Kier molecular flexibility index (Phi) is 4.55. The zero-order valence-electron chi connectivity index (χ0n) is 8.06. The molecule has 6 nitrogen and oxygen atoms in total. The summed E-state index contributed by atoms with van der Waals surface area (Å²) in [5, 5.41) is 8.35. The van der Waals surface area contributed by atoms with E-state index in [4.69, 9.17) is 5.11 Å². The highest BCUT2D eigenvalue weighted by molar-refractivity contribution is 7.89. The van der Waals surface area contributed by atoms with Gasteiger partial charge >= 0.3 is 5.97 Å². The standard InChI is InChI=1S/C7H13NO5S/c1-3-14(12,13)8(6(2)9)5-4-7(10)11/h3-5H2,1-2H3,(H,10,11). The Hall–Kier alpha value is -1.11. The van der Waals surface area contributed by atoms with Crippen LogP contribution in [0.4, 0.5) is 0 Å². The largest absolute Gasteiger partial charge is 0.481 e. The molecule has 7 heteroatoms. The van der Waals surface area contributed by atoms with Crippen molar-refractivity contribution >= 4 is 21.9 Å². The zero-order valence-corrected chi connectivity index (χ0v) is 8.87. The molecule has 0 aliphatic rings. The summed E-state index contributed by atoms with van der Waals surface area (Å²) in [6.07, 6.45) is -0.376. The molecule has 0 unspecified atom stereocenters. The summed E-state index contributed by atoms with van der Waals surface area (Å²) < 4.78 is 23.1. The number of aliphatic carboxylic acids is 1. The van der Waals surface area contributed by atoms with Crippen molar-refractivity contribution in [2.24, 2.45) is 0 Å². The first-order valence-electron chi connectivity index (χ1n) is 4.04. The van der Waals surface area contributed by atoms with Crippen LogP contribution < -0.4 is 0 Å². The average molecular weight is 223 g/mol. The van der Waals surface area contributed by atoms with E-state index in [1.165, 1.54) is 6.92 Å². The Morgan fingerprint density at radius 3 is 2.14 bits per heavy atom. The van der Waals surface area contributed by atoms with Crippen molar-refractivity contribution in [2.75, 3.05) is 12.3 Å². The van der Waals surface area contributed by atoms with Crippen molar-refractivity contribution in [1.29, 1.82) is 0 Å². The van der Waals surface area contributed by atoms with Gasteiger partial charge in [-0.3, -0.25) is 9.59 Å². The lowest BCUT2D eigenvalue weighted by molar-refractivity contribution is -0.137. The van der Waals surface area contributed by atoms with Gasteiger partial charge in [-0.25, -0.2) is 12.7 Å². The molecule has 0 bridgehead atoms. The molecule has 0 aromatic carbocycles. The van der Waals surface area contributed by atoms with E-state index in [1.54, 1.807) is 0 Å². The van der Waals surface area contributed by atoms with E-state index in [2.05, 4.69) is 0 Å². The lowest BCUT2D eigenvalue weighted by Gasteiger charge is -2.18. The van der Waals surface area contributed by atoms with Crippen LogP contribution in [0, 0.1) is 0 Å². The number of carbonyl (C=O) groups is 2. The van der Waals surface area contributed by atoms with Crippen LogP contribution in [0.2, 0.25) is 0 Å². The molecule has 0 radical (unpaired) electrons. The molecule has 0 heterocycles. The highest BCUT2D eigenvalue weighted by atomic mass is 32.2. The van der Waals surface area contributed by atoms with Gasteiger partial charge in [-0.15, -0.1) is 0 Å². The second-order valence-corrected chi connectivity index (χ2v) is 4.82. The molecule has 82 valence electrons. The number of hydrogen-bond acceptors (Lipinski definition) is 4. The molecule has 0 aromatic rings. The second-order valence-electron chi connectivity index (χ2n) is 2.64. The van der Waals surface area contributed by atoms with Gasteiger partial charge in [0.25, 0.3) is 0 Å². The van der Waals surface area contributed by atoms with Gasteiger partial charge in [-0.05, 0) is 6.92 Å².